The van der Waals surface area contributed by atoms with Gasteiger partial charge in [-0.05, 0) is 61.4 Å². The second-order valence-corrected chi connectivity index (χ2v) is 9.26. The number of hydrogen-bond donors (Lipinski definition) is 0. The highest BCUT2D eigenvalue weighted by atomic mass is 32.2. The second kappa shape index (κ2) is 10.4. The number of furan rings is 1. The van der Waals surface area contributed by atoms with Crippen molar-refractivity contribution in [3.8, 4) is 11.5 Å². The maximum Gasteiger partial charge on any atom is 0.416 e. The van der Waals surface area contributed by atoms with E-state index in [1.165, 1.54) is 25.5 Å². The molecule has 3 rings (SSSR count). The Balaban J connectivity index is 1.93. The molecular formula is C24H24F3NO6S. The number of alkyl halides is 3. The quantitative estimate of drug-likeness (QED) is 0.352. The Hall–Kier alpha value is -3.47. The van der Waals surface area contributed by atoms with Crippen molar-refractivity contribution >= 4 is 16.0 Å². The fourth-order valence-electron chi connectivity index (χ4n) is 3.27. The van der Waals surface area contributed by atoms with E-state index in [9.17, 15) is 26.4 Å². The van der Waals surface area contributed by atoms with Crippen LogP contribution in [0.4, 0.5) is 13.2 Å². The van der Waals surface area contributed by atoms with Crippen molar-refractivity contribution in [1.29, 1.82) is 0 Å². The van der Waals surface area contributed by atoms with Crippen LogP contribution in [0.25, 0.3) is 0 Å². The van der Waals surface area contributed by atoms with Gasteiger partial charge in [-0.15, -0.1) is 0 Å². The molecule has 0 saturated carbocycles. The molecule has 0 radical (unpaired) electrons. The predicted octanol–water partition coefficient (Wildman–Crippen LogP) is 5.52. The number of benzene rings is 2. The summed E-state index contributed by atoms with van der Waals surface area (Å²) in [6.07, 6.45) is -2.68. The molecule has 0 N–H and O–H groups in total. The molecule has 0 aliphatic heterocycles. The molecule has 0 aliphatic rings. The van der Waals surface area contributed by atoms with Crippen molar-refractivity contribution in [2.45, 2.75) is 43.9 Å². The van der Waals surface area contributed by atoms with Crippen LogP contribution in [0.2, 0.25) is 0 Å². The Bertz CT molecular complexity index is 1270. The van der Waals surface area contributed by atoms with Gasteiger partial charge in [0.2, 0.25) is 0 Å². The maximum absolute atomic E-state index is 13.0. The number of nitrogens with zero attached hydrogens (tertiary/aromatic N) is 1. The minimum atomic E-state index is -4.72. The van der Waals surface area contributed by atoms with Gasteiger partial charge >= 0.3 is 16.3 Å². The summed E-state index contributed by atoms with van der Waals surface area (Å²) in [6.45, 7) is 3.87. The van der Waals surface area contributed by atoms with Crippen molar-refractivity contribution < 1.29 is 39.7 Å². The Morgan fingerprint density at radius 1 is 1.09 bits per heavy atom. The minimum absolute atomic E-state index is 0.0525. The maximum atomic E-state index is 13.0. The first-order chi connectivity index (χ1) is 16.5. The van der Waals surface area contributed by atoms with Gasteiger partial charge in [0.1, 0.15) is 4.90 Å². The Kier molecular flexibility index (Phi) is 7.79. The highest BCUT2D eigenvalue weighted by Gasteiger charge is 2.32. The first kappa shape index (κ1) is 26.1. The van der Waals surface area contributed by atoms with E-state index in [1.54, 1.807) is 23.1 Å². The molecule has 0 bridgehead atoms. The second-order valence-electron chi connectivity index (χ2n) is 7.72. The average Bonchev–Trinajstić information content (AvgIpc) is 3.36. The van der Waals surface area contributed by atoms with Crippen LogP contribution in [0.15, 0.2) is 70.2 Å². The van der Waals surface area contributed by atoms with Crippen LogP contribution in [0.3, 0.4) is 0 Å². The molecule has 3 aromatic rings. The normalized spacial score (nSPS) is 12.7. The van der Waals surface area contributed by atoms with E-state index in [0.29, 0.717) is 18.1 Å². The monoisotopic (exact) mass is 511 g/mol. The van der Waals surface area contributed by atoms with Crippen LogP contribution < -0.4 is 8.92 Å². The SMILES string of the molecule is CC[C@@H](C)N(Cc1ccc(OC)c(OS(=O)(=O)c2cccc(C(F)(F)F)c2)c1)C(=O)c1ccco1. The first-order valence-corrected chi connectivity index (χ1v) is 12.0. The summed E-state index contributed by atoms with van der Waals surface area (Å²) in [5.74, 6) is -0.365. The highest BCUT2D eigenvalue weighted by molar-refractivity contribution is 7.87. The van der Waals surface area contributed by atoms with Crippen LogP contribution in [-0.2, 0) is 22.8 Å². The third-order valence-corrected chi connectivity index (χ3v) is 6.58. The van der Waals surface area contributed by atoms with Crippen molar-refractivity contribution in [2.75, 3.05) is 7.11 Å². The third-order valence-electron chi connectivity index (χ3n) is 5.35. The molecule has 1 heterocycles. The fourth-order valence-corrected chi connectivity index (χ4v) is 4.24. The third kappa shape index (κ3) is 6.16. The molecule has 11 heteroatoms. The number of rotatable bonds is 9. The number of halogens is 3. The van der Waals surface area contributed by atoms with Gasteiger partial charge in [-0.3, -0.25) is 4.79 Å². The molecule has 35 heavy (non-hydrogen) atoms. The predicted molar refractivity (Wildman–Crippen MR) is 121 cm³/mol. The van der Waals surface area contributed by atoms with E-state index in [-0.39, 0.29) is 35.8 Å². The summed E-state index contributed by atoms with van der Waals surface area (Å²) in [5, 5.41) is 0. The summed E-state index contributed by atoms with van der Waals surface area (Å²) in [5.41, 5.74) is -0.608. The average molecular weight is 512 g/mol. The van der Waals surface area contributed by atoms with Crippen LogP contribution in [0, 0.1) is 0 Å². The van der Waals surface area contributed by atoms with Gasteiger partial charge in [0, 0.05) is 12.6 Å². The molecule has 1 aromatic heterocycles. The number of hydrogen-bond acceptors (Lipinski definition) is 6. The fraction of sp³-hybridized carbons (Fsp3) is 0.292. The Labute approximate surface area is 201 Å². The molecule has 0 fully saturated rings. The summed E-state index contributed by atoms with van der Waals surface area (Å²) >= 11 is 0. The number of carbonyl (C=O) groups excluding carboxylic acids is 1. The van der Waals surface area contributed by atoms with Gasteiger partial charge in [0.15, 0.2) is 17.3 Å². The summed E-state index contributed by atoms with van der Waals surface area (Å²) in [4.78, 5) is 13.8. The highest BCUT2D eigenvalue weighted by Crippen LogP contribution is 2.34. The van der Waals surface area contributed by atoms with Crippen molar-refractivity contribution in [1.82, 2.24) is 4.90 Å². The summed E-state index contributed by atoms with van der Waals surface area (Å²) in [7, 11) is -3.33. The molecule has 7 nitrogen and oxygen atoms in total. The first-order valence-electron chi connectivity index (χ1n) is 10.6. The zero-order valence-electron chi connectivity index (χ0n) is 19.2. The Morgan fingerprint density at radius 3 is 2.43 bits per heavy atom. The molecular weight excluding hydrogens is 487 g/mol. The van der Waals surface area contributed by atoms with Gasteiger partial charge in [-0.2, -0.15) is 21.6 Å². The lowest BCUT2D eigenvalue weighted by molar-refractivity contribution is -0.137. The lowest BCUT2D eigenvalue weighted by Gasteiger charge is -2.28. The van der Waals surface area contributed by atoms with E-state index in [1.807, 2.05) is 13.8 Å². The molecule has 0 aliphatic carbocycles. The topological polar surface area (TPSA) is 86.0 Å². The van der Waals surface area contributed by atoms with E-state index >= 15 is 0 Å². The van der Waals surface area contributed by atoms with Crippen molar-refractivity contribution in [3.05, 3.63) is 77.7 Å². The molecule has 1 amide bonds. The van der Waals surface area contributed by atoms with Crippen LogP contribution in [0.5, 0.6) is 11.5 Å². The van der Waals surface area contributed by atoms with E-state index in [4.69, 9.17) is 13.3 Å². The van der Waals surface area contributed by atoms with Crippen LogP contribution >= 0.6 is 0 Å². The minimum Gasteiger partial charge on any atom is -0.493 e. The van der Waals surface area contributed by atoms with Gasteiger partial charge < -0.3 is 18.2 Å². The number of methoxy groups -OCH3 is 1. The zero-order valence-corrected chi connectivity index (χ0v) is 20.0. The van der Waals surface area contributed by atoms with E-state index in [0.717, 1.165) is 18.2 Å². The summed E-state index contributed by atoms with van der Waals surface area (Å²) < 4.78 is 80.3. The van der Waals surface area contributed by atoms with E-state index in [2.05, 4.69) is 0 Å². The molecule has 0 unspecified atom stereocenters. The molecule has 188 valence electrons. The lowest BCUT2D eigenvalue weighted by atomic mass is 10.1. The van der Waals surface area contributed by atoms with Gasteiger partial charge in [-0.25, -0.2) is 0 Å². The number of amides is 1. The Morgan fingerprint density at radius 2 is 1.83 bits per heavy atom. The van der Waals surface area contributed by atoms with Gasteiger partial charge in [0.25, 0.3) is 5.91 Å². The van der Waals surface area contributed by atoms with Gasteiger partial charge in [-0.1, -0.05) is 19.1 Å². The number of carbonyl (C=O) groups is 1. The molecule has 0 saturated heterocycles. The number of ether oxygens (including phenoxy) is 1. The molecule has 1 atom stereocenters. The zero-order chi connectivity index (χ0) is 25.8. The summed E-state index contributed by atoms with van der Waals surface area (Å²) in [6, 6.07) is 10.7. The van der Waals surface area contributed by atoms with Gasteiger partial charge in [0.05, 0.1) is 18.9 Å². The van der Waals surface area contributed by atoms with Crippen LogP contribution in [0.1, 0.15) is 41.9 Å². The molecule has 0 spiro atoms. The standard InChI is InChI=1S/C24H24F3NO6S/c1-4-16(2)28(23(29)21-9-6-12-33-21)15-17-10-11-20(32-3)22(13-17)34-35(30,31)19-8-5-7-18(14-19)24(25,26)27/h5-14,16H,4,15H2,1-3H3/t16-/m1/s1. The molecule has 2 aromatic carbocycles. The lowest BCUT2D eigenvalue weighted by Crippen LogP contribution is -2.37. The van der Waals surface area contributed by atoms with Crippen molar-refractivity contribution in [2.24, 2.45) is 0 Å². The van der Waals surface area contributed by atoms with Crippen LogP contribution in [-0.4, -0.2) is 32.4 Å². The van der Waals surface area contributed by atoms with Crippen molar-refractivity contribution in [3.63, 3.8) is 0 Å². The van der Waals surface area contributed by atoms with E-state index < -0.39 is 26.8 Å². The smallest absolute Gasteiger partial charge is 0.416 e. The largest absolute Gasteiger partial charge is 0.493 e.